The van der Waals surface area contributed by atoms with Crippen LogP contribution in [0.15, 0.2) is 48.1 Å². The molecule has 9 atom stereocenters. The molecule has 14 nitrogen and oxygen atoms in total. The van der Waals surface area contributed by atoms with Crippen molar-refractivity contribution in [3.8, 4) is 29.9 Å². The molecular formula is C58H92O14Si2. The van der Waals surface area contributed by atoms with Gasteiger partial charge in [-0.2, -0.15) is 0 Å². The second-order valence-corrected chi connectivity index (χ2v) is 32.2. The Kier molecular flexibility index (Phi) is 24.9. The van der Waals surface area contributed by atoms with Gasteiger partial charge in [0.05, 0.1) is 77.1 Å². The summed E-state index contributed by atoms with van der Waals surface area (Å²) >= 11 is 0. The van der Waals surface area contributed by atoms with Gasteiger partial charge in [0.1, 0.15) is 11.9 Å². The van der Waals surface area contributed by atoms with E-state index in [2.05, 4.69) is 72.4 Å². The summed E-state index contributed by atoms with van der Waals surface area (Å²) in [6.07, 6.45) is 8.20. The molecule has 2 aliphatic heterocycles. The van der Waals surface area contributed by atoms with Crippen molar-refractivity contribution in [1.29, 1.82) is 0 Å². The fourth-order valence-electron chi connectivity index (χ4n) is 9.34. The summed E-state index contributed by atoms with van der Waals surface area (Å²) in [5, 5.41) is 12.0. The average molecular weight is 1070 g/mol. The number of aliphatic hydroxyl groups excluding tert-OH is 1. The number of methoxy groups -OCH3 is 4. The first-order valence-corrected chi connectivity index (χ1v) is 31.9. The Bertz CT molecular complexity index is 2110. The minimum absolute atomic E-state index is 0.0909. The summed E-state index contributed by atoms with van der Waals surface area (Å²) in [5.74, 6) is 5.98. The first-order chi connectivity index (χ1) is 34.6. The molecule has 2 aliphatic rings. The molecular weight excluding hydrogens is 977 g/mol. The Labute approximate surface area is 446 Å². The number of ether oxygens (including phenoxy) is 8. The summed E-state index contributed by atoms with van der Waals surface area (Å²) in [6.45, 7) is 27.1. The quantitative estimate of drug-likeness (QED) is 0.0177. The van der Waals surface area contributed by atoms with Gasteiger partial charge < -0.3 is 51.9 Å². The van der Waals surface area contributed by atoms with Crippen molar-refractivity contribution in [3.63, 3.8) is 0 Å². The topological polar surface area (TPSA) is 164 Å². The van der Waals surface area contributed by atoms with E-state index in [0.29, 0.717) is 18.6 Å². The fraction of sp³-hybridized carbons (Fsp3) is 0.707. The summed E-state index contributed by atoms with van der Waals surface area (Å²) in [6, 6.07) is 10.1. The highest BCUT2D eigenvalue weighted by molar-refractivity contribution is 6.74. The number of allylic oxidation sites excluding steroid dienone is 1. The Hall–Kier alpha value is -3.82. The second-order valence-electron chi connectivity index (χ2n) is 22.7. The number of terminal acetylenes is 1. The molecule has 0 aliphatic carbocycles. The van der Waals surface area contributed by atoms with Gasteiger partial charge in [0.15, 0.2) is 22.4 Å². The maximum atomic E-state index is 14.7. The predicted octanol–water partition coefficient (Wildman–Crippen LogP) is 10.8. The lowest BCUT2D eigenvalue weighted by Gasteiger charge is -2.55. The zero-order chi connectivity index (χ0) is 55.7. The third kappa shape index (κ3) is 18.7. The maximum absolute atomic E-state index is 14.7. The van der Waals surface area contributed by atoms with Crippen molar-refractivity contribution in [2.45, 2.75) is 225 Å². The zero-order valence-electron chi connectivity index (χ0n) is 48.0. The minimum Gasteiger partial charge on any atom is -0.497 e. The number of hydrogen-bond acceptors (Lipinski definition) is 14. The minimum atomic E-state index is -2.40. The van der Waals surface area contributed by atoms with Gasteiger partial charge >= 0.3 is 17.9 Å². The highest BCUT2D eigenvalue weighted by atomic mass is 28.4. The Morgan fingerprint density at radius 1 is 0.932 bits per heavy atom. The Morgan fingerprint density at radius 2 is 1.58 bits per heavy atom. The van der Waals surface area contributed by atoms with E-state index in [-0.39, 0.29) is 50.2 Å². The third-order valence-electron chi connectivity index (χ3n) is 15.6. The van der Waals surface area contributed by atoms with Crippen LogP contribution in [0.1, 0.15) is 133 Å². The number of rotatable bonds is 26. The SMILES string of the molecule is C#CC(C)(C)/C=C/[C@H]1C/C(=C\C(=O)OC)C[C@@H](C[C@]2(OC)O[C@H](C[C@H](CC(=O)O[C@H](C[C@H](CC#CC(=O)OC)OCc3ccc(OC)cc3)[C@@H](C)O[Si](C)(C)C(C)(C)C)O[Si](CC)(CC)CC)C[C@H](O)C2(C)C)O1. The Balaban J connectivity index is 2.05. The van der Waals surface area contributed by atoms with Crippen molar-refractivity contribution in [2.24, 2.45) is 10.8 Å². The molecule has 0 bridgehead atoms. The van der Waals surface area contributed by atoms with Crippen LogP contribution in [0.25, 0.3) is 0 Å². The van der Waals surface area contributed by atoms with Crippen LogP contribution < -0.4 is 4.74 Å². The van der Waals surface area contributed by atoms with Gasteiger partial charge in [-0.05, 0) is 94.0 Å². The van der Waals surface area contributed by atoms with Gasteiger partial charge in [0.2, 0.25) is 0 Å². The number of carbonyl (C=O) groups is 3. The molecule has 74 heavy (non-hydrogen) atoms. The molecule has 16 heteroatoms. The zero-order valence-corrected chi connectivity index (χ0v) is 50.0. The van der Waals surface area contributed by atoms with Crippen LogP contribution in [0.4, 0.5) is 0 Å². The molecule has 0 spiro atoms. The third-order valence-corrected chi connectivity index (χ3v) is 24.9. The molecule has 0 aromatic heterocycles. The lowest BCUT2D eigenvalue weighted by molar-refractivity contribution is -0.357. The van der Waals surface area contributed by atoms with Crippen LogP contribution >= 0.6 is 0 Å². The van der Waals surface area contributed by atoms with E-state index in [0.717, 1.165) is 29.3 Å². The number of hydrogen-bond donors (Lipinski definition) is 1. The van der Waals surface area contributed by atoms with Gasteiger partial charge in [-0.1, -0.05) is 97.1 Å². The van der Waals surface area contributed by atoms with Crippen molar-refractivity contribution in [3.05, 3.63) is 53.6 Å². The van der Waals surface area contributed by atoms with Crippen molar-refractivity contribution >= 4 is 34.5 Å². The van der Waals surface area contributed by atoms with Crippen molar-refractivity contribution in [2.75, 3.05) is 28.4 Å². The maximum Gasteiger partial charge on any atom is 0.384 e. The lowest BCUT2D eigenvalue weighted by atomic mass is 9.70. The molecule has 0 radical (unpaired) electrons. The molecule has 1 N–H and O–H groups in total. The van der Waals surface area contributed by atoms with Gasteiger partial charge in [0, 0.05) is 55.6 Å². The molecule has 0 unspecified atom stereocenters. The normalized spacial score (nSPS) is 23.7. The van der Waals surface area contributed by atoms with Gasteiger partial charge in [0.25, 0.3) is 0 Å². The lowest BCUT2D eigenvalue weighted by Crippen LogP contribution is -2.62. The van der Waals surface area contributed by atoms with E-state index in [1.54, 1.807) is 14.2 Å². The molecule has 2 saturated heterocycles. The molecule has 2 fully saturated rings. The van der Waals surface area contributed by atoms with Crippen LogP contribution in [0.5, 0.6) is 5.75 Å². The van der Waals surface area contributed by atoms with E-state index in [1.807, 2.05) is 71.0 Å². The van der Waals surface area contributed by atoms with Crippen LogP contribution in [0.2, 0.25) is 36.3 Å². The average Bonchev–Trinajstić information content (AvgIpc) is 3.34. The fourth-order valence-corrected chi connectivity index (χ4v) is 13.7. The molecule has 1 aromatic rings. The highest BCUT2D eigenvalue weighted by Gasteiger charge is 2.58. The highest BCUT2D eigenvalue weighted by Crippen LogP contribution is 2.50. The summed E-state index contributed by atoms with van der Waals surface area (Å²) in [5.41, 5.74) is 0.301. The molecule has 0 amide bonds. The predicted molar refractivity (Wildman–Crippen MR) is 293 cm³/mol. The molecule has 0 saturated carbocycles. The largest absolute Gasteiger partial charge is 0.497 e. The van der Waals surface area contributed by atoms with E-state index in [9.17, 15) is 19.5 Å². The second kappa shape index (κ2) is 28.5. The monoisotopic (exact) mass is 1070 g/mol. The Morgan fingerprint density at radius 3 is 2.14 bits per heavy atom. The first-order valence-electron chi connectivity index (χ1n) is 26.5. The standard InChI is InChI=1S/C58H92O14Si2/c1-19-56(9,10)31-30-46-32-43(34-53(61)65-15)33-49(68-46)39-58(66-16)57(11,12)51(59)37-47(70-58)35-48(72-74(20-2,21-3)22-4)38-54(62)69-50(41(5)71-73(17,18)55(6,7)8)36-45(24-23-25-52(60)64-14)67-40-42-26-28-44(63-13)29-27-42/h1,26-31,34,41,45-51,59H,20-22,24,32-33,35-40H2,2-18H3/b31-30+,43-34+/t41-,45+,46+,47-,48-,49+,50-,51+,58+/m1/s1. The van der Waals surface area contributed by atoms with Crippen LogP contribution in [-0.4, -0.2) is 123 Å². The van der Waals surface area contributed by atoms with Gasteiger partial charge in [-0.15, -0.1) is 6.42 Å². The molecule has 416 valence electrons. The van der Waals surface area contributed by atoms with E-state index >= 15 is 0 Å². The summed E-state index contributed by atoms with van der Waals surface area (Å²) in [4.78, 5) is 39.4. The molecule has 1 aromatic carbocycles. The van der Waals surface area contributed by atoms with Crippen LogP contribution in [0.3, 0.4) is 0 Å². The van der Waals surface area contributed by atoms with Gasteiger partial charge in [-0.25, -0.2) is 9.59 Å². The number of aliphatic hydroxyl groups is 1. The summed E-state index contributed by atoms with van der Waals surface area (Å²) in [7, 11) is 1.05. The van der Waals surface area contributed by atoms with E-state index < -0.39 is 100.0 Å². The van der Waals surface area contributed by atoms with Gasteiger partial charge in [-0.3, -0.25) is 4.79 Å². The number of esters is 3. The molecule has 3 rings (SSSR count). The van der Waals surface area contributed by atoms with Crippen molar-refractivity contribution < 1.29 is 66.2 Å². The smallest absolute Gasteiger partial charge is 0.384 e. The van der Waals surface area contributed by atoms with Crippen LogP contribution in [0, 0.1) is 35.0 Å². The number of carbonyl (C=O) groups excluding carboxylic acids is 3. The van der Waals surface area contributed by atoms with E-state index in [1.165, 1.54) is 20.3 Å². The van der Waals surface area contributed by atoms with Crippen LogP contribution in [-0.2, 0) is 63.0 Å². The number of benzene rings is 1. The van der Waals surface area contributed by atoms with Crippen molar-refractivity contribution in [1.82, 2.24) is 0 Å². The first kappa shape index (κ1) is 64.5. The summed E-state index contributed by atoms with van der Waals surface area (Å²) < 4.78 is 62.6. The van der Waals surface area contributed by atoms with E-state index in [4.69, 9.17) is 53.2 Å². The molecule has 2 heterocycles.